The van der Waals surface area contributed by atoms with Crippen LogP contribution in [-0.4, -0.2) is 52.0 Å². The molecule has 0 saturated heterocycles. The standard InChI is InChI=1S/C37H40Cl2N6O7S2/c1-5-6-19-45-23-34(30-17-9-25(38)21-31(30)39)41-36(45)33(42-37(46)40-26-10-15-28(51-2)16-11-26)20-24-7-13-29(14-8-24)52-35-18-12-27(43-53(3,47)48)22-32(35)44-54(4,49)50/h7-18,21-23,33,43-44H,5-6,19-20H2,1-4H3,(H2,40,42,46). The fraction of sp³-hybridized carbons (Fsp3) is 0.243. The number of anilines is 3. The minimum Gasteiger partial charge on any atom is -0.497 e. The van der Waals surface area contributed by atoms with E-state index >= 15 is 0 Å². The minimum atomic E-state index is -3.74. The average Bonchev–Trinajstić information content (AvgIpc) is 3.51. The third-order valence-electron chi connectivity index (χ3n) is 7.90. The number of carbonyl (C=O) groups excluding carboxylic acids is 1. The van der Waals surface area contributed by atoms with E-state index in [9.17, 15) is 21.6 Å². The number of sulfonamides is 2. The molecular formula is C37H40Cl2N6O7S2. The van der Waals surface area contributed by atoms with Gasteiger partial charge in [-0.05, 0) is 91.2 Å². The zero-order valence-electron chi connectivity index (χ0n) is 29.9. The Balaban J connectivity index is 1.45. The Labute approximate surface area is 325 Å². The van der Waals surface area contributed by atoms with Crippen LogP contribution >= 0.6 is 23.2 Å². The molecule has 1 aromatic heterocycles. The number of methoxy groups -OCH3 is 1. The zero-order valence-corrected chi connectivity index (χ0v) is 33.0. The molecule has 5 rings (SSSR count). The van der Waals surface area contributed by atoms with E-state index < -0.39 is 32.1 Å². The number of unbranched alkanes of at least 4 members (excludes halogenated alkanes) is 1. The van der Waals surface area contributed by atoms with Crippen molar-refractivity contribution in [2.45, 2.75) is 38.8 Å². The molecule has 286 valence electrons. The van der Waals surface area contributed by atoms with Crippen LogP contribution in [0.25, 0.3) is 11.3 Å². The van der Waals surface area contributed by atoms with Crippen molar-refractivity contribution < 1.29 is 31.1 Å². The Kier molecular flexibility index (Phi) is 13.0. The number of ether oxygens (including phenoxy) is 2. The van der Waals surface area contributed by atoms with Crippen LogP contribution in [0.4, 0.5) is 21.9 Å². The van der Waals surface area contributed by atoms with Crippen LogP contribution in [0, 0.1) is 0 Å². The number of benzene rings is 4. The second-order valence-corrected chi connectivity index (χ2v) is 16.8. The molecule has 0 spiro atoms. The molecule has 0 saturated carbocycles. The molecule has 0 aliphatic carbocycles. The lowest BCUT2D eigenvalue weighted by atomic mass is 10.0. The van der Waals surface area contributed by atoms with E-state index in [4.69, 9.17) is 37.7 Å². The second-order valence-electron chi connectivity index (χ2n) is 12.4. The number of aryl methyl sites for hydroxylation is 1. The highest BCUT2D eigenvalue weighted by molar-refractivity contribution is 7.92. The average molecular weight is 816 g/mol. The molecular weight excluding hydrogens is 775 g/mol. The van der Waals surface area contributed by atoms with Crippen LogP contribution < -0.4 is 29.6 Å². The Morgan fingerprint density at radius 2 is 1.52 bits per heavy atom. The first-order valence-corrected chi connectivity index (χ1v) is 21.2. The smallest absolute Gasteiger partial charge is 0.319 e. The Bertz CT molecular complexity index is 2320. The molecule has 0 aliphatic rings. The highest BCUT2D eigenvalue weighted by Gasteiger charge is 2.24. The summed E-state index contributed by atoms with van der Waals surface area (Å²) < 4.78 is 65.7. The molecule has 1 unspecified atom stereocenters. The first-order chi connectivity index (χ1) is 25.6. The zero-order chi connectivity index (χ0) is 39.0. The molecule has 0 fully saturated rings. The Morgan fingerprint density at radius 1 is 0.852 bits per heavy atom. The van der Waals surface area contributed by atoms with Crippen molar-refractivity contribution in [1.29, 1.82) is 0 Å². The fourth-order valence-corrected chi connectivity index (χ4v) is 7.10. The summed E-state index contributed by atoms with van der Waals surface area (Å²) in [7, 11) is -5.78. The number of halogens is 2. The van der Waals surface area contributed by atoms with Gasteiger partial charge in [-0.1, -0.05) is 48.7 Å². The van der Waals surface area contributed by atoms with Crippen LogP contribution in [-0.2, 0) is 33.0 Å². The molecule has 13 nitrogen and oxygen atoms in total. The van der Waals surface area contributed by atoms with Gasteiger partial charge in [-0.15, -0.1) is 0 Å². The van der Waals surface area contributed by atoms with Crippen molar-refractivity contribution in [3.63, 3.8) is 0 Å². The number of nitrogens with one attached hydrogen (secondary N) is 4. The fourth-order valence-electron chi connectivity index (χ4n) is 5.48. The molecule has 2 amide bonds. The maximum atomic E-state index is 13.5. The Morgan fingerprint density at radius 3 is 2.15 bits per heavy atom. The van der Waals surface area contributed by atoms with Gasteiger partial charge in [-0.25, -0.2) is 26.6 Å². The van der Waals surface area contributed by atoms with E-state index in [1.807, 2.05) is 29.0 Å². The lowest BCUT2D eigenvalue weighted by Gasteiger charge is -2.21. The molecule has 1 atom stereocenters. The van der Waals surface area contributed by atoms with Crippen LogP contribution in [0.15, 0.2) is 91.1 Å². The van der Waals surface area contributed by atoms with Crippen LogP contribution in [0.2, 0.25) is 10.0 Å². The van der Waals surface area contributed by atoms with Gasteiger partial charge in [-0.3, -0.25) is 9.44 Å². The lowest BCUT2D eigenvalue weighted by Crippen LogP contribution is -2.35. The highest BCUT2D eigenvalue weighted by Crippen LogP contribution is 2.35. The topological polar surface area (TPSA) is 170 Å². The van der Waals surface area contributed by atoms with Crippen molar-refractivity contribution in [3.8, 4) is 28.5 Å². The van der Waals surface area contributed by atoms with Gasteiger partial charge in [0.1, 0.15) is 17.3 Å². The van der Waals surface area contributed by atoms with E-state index in [2.05, 4.69) is 27.0 Å². The van der Waals surface area contributed by atoms with Crippen molar-refractivity contribution in [2.24, 2.45) is 0 Å². The van der Waals surface area contributed by atoms with Crippen LogP contribution in [0.5, 0.6) is 17.2 Å². The summed E-state index contributed by atoms with van der Waals surface area (Å²) in [5, 5.41) is 6.94. The monoisotopic (exact) mass is 814 g/mol. The van der Waals surface area contributed by atoms with Gasteiger partial charge in [-0.2, -0.15) is 0 Å². The van der Waals surface area contributed by atoms with Gasteiger partial charge in [0.2, 0.25) is 20.0 Å². The predicted molar refractivity (Wildman–Crippen MR) is 214 cm³/mol. The number of urea groups is 1. The first kappa shape index (κ1) is 40.2. The van der Waals surface area contributed by atoms with Gasteiger partial charge in [0.25, 0.3) is 0 Å². The minimum absolute atomic E-state index is 0.0397. The summed E-state index contributed by atoms with van der Waals surface area (Å²) in [5.41, 5.74) is 2.92. The van der Waals surface area contributed by atoms with E-state index in [-0.39, 0.29) is 17.1 Å². The van der Waals surface area contributed by atoms with E-state index in [1.165, 1.54) is 18.2 Å². The van der Waals surface area contributed by atoms with Crippen LogP contribution in [0.1, 0.15) is 37.2 Å². The number of amides is 2. The summed E-state index contributed by atoms with van der Waals surface area (Å²) >= 11 is 12.8. The number of aromatic nitrogens is 2. The van der Waals surface area contributed by atoms with Gasteiger partial charge in [0, 0.05) is 29.0 Å². The molecule has 5 aromatic rings. The lowest BCUT2D eigenvalue weighted by molar-refractivity contribution is 0.247. The third kappa shape index (κ3) is 11.5. The summed E-state index contributed by atoms with van der Waals surface area (Å²) in [6, 6.07) is 22.4. The van der Waals surface area contributed by atoms with Gasteiger partial charge in [0.05, 0.1) is 47.8 Å². The van der Waals surface area contributed by atoms with Gasteiger partial charge < -0.3 is 24.7 Å². The molecule has 4 aromatic carbocycles. The van der Waals surface area contributed by atoms with E-state index in [1.54, 1.807) is 55.6 Å². The largest absolute Gasteiger partial charge is 0.497 e. The Hall–Kier alpha value is -4.96. The second kappa shape index (κ2) is 17.5. The maximum absolute atomic E-state index is 13.5. The summed E-state index contributed by atoms with van der Waals surface area (Å²) in [6.45, 7) is 2.74. The van der Waals surface area contributed by atoms with E-state index in [0.29, 0.717) is 57.3 Å². The first-order valence-electron chi connectivity index (χ1n) is 16.7. The summed E-state index contributed by atoms with van der Waals surface area (Å²) in [5.74, 6) is 1.80. The molecule has 0 aliphatic heterocycles. The summed E-state index contributed by atoms with van der Waals surface area (Å²) in [6.07, 6.45) is 6.03. The SMILES string of the molecule is CCCCn1cc(-c2ccc(Cl)cc2Cl)nc1C(Cc1ccc(Oc2ccc(NS(C)(=O)=O)cc2NS(C)(=O)=O)cc1)NC(=O)Nc1ccc(OC)cc1. The number of carbonyl (C=O) groups is 1. The quantitative estimate of drug-likeness (QED) is 0.0771. The maximum Gasteiger partial charge on any atom is 0.319 e. The van der Waals surface area contributed by atoms with Crippen molar-refractivity contribution in [1.82, 2.24) is 14.9 Å². The number of hydrogen-bond donors (Lipinski definition) is 4. The van der Waals surface area contributed by atoms with E-state index in [0.717, 1.165) is 30.9 Å². The van der Waals surface area contributed by atoms with Crippen molar-refractivity contribution >= 4 is 66.3 Å². The molecule has 17 heteroatoms. The van der Waals surface area contributed by atoms with Crippen LogP contribution in [0.3, 0.4) is 0 Å². The van der Waals surface area contributed by atoms with Crippen molar-refractivity contribution in [2.75, 3.05) is 34.4 Å². The van der Waals surface area contributed by atoms with Crippen molar-refractivity contribution in [3.05, 3.63) is 113 Å². The third-order valence-corrected chi connectivity index (χ3v) is 9.65. The number of rotatable bonds is 16. The highest BCUT2D eigenvalue weighted by atomic mass is 35.5. The number of nitrogens with zero attached hydrogens (tertiary/aromatic N) is 2. The molecule has 4 N–H and O–H groups in total. The predicted octanol–water partition coefficient (Wildman–Crippen LogP) is 8.31. The molecule has 0 bridgehead atoms. The number of hydrogen-bond acceptors (Lipinski definition) is 8. The molecule has 54 heavy (non-hydrogen) atoms. The van der Waals surface area contributed by atoms with Gasteiger partial charge in [0.15, 0.2) is 5.75 Å². The molecule has 0 radical (unpaired) electrons. The summed E-state index contributed by atoms with van der Waals surface area (Å²) in [4.78, 5) is 18.5. The number of imidazole rings is 1. The van der Waals surface area contributed by atoms with Gasteiger partial charge >= 0.3 is 6.03 Å². The molecule has 1 heterocycles. The normalized spacial score (nSPS) is 12.1.